The number of aliphatic hydroxyl groups is 1. The Labute approximate surface area is 107 Å². The van der Waals surface area contributed by atoms with Crippen molar-refractivity contribution in [2.75, 3.05) is 6.61 Å². The number of aliphatic hydroxyl groups excluding tert-OH is 1. The average molecular weight is 282 g/mol. The van der Waals surface area contributed by atoms with E-state index >= 15 is 0 Å². The molecule has 0 radical (unpaired) electrons. The molecule has 0 aliphatic carbocycles. The van der Waals surface area contributed by atoms with Gasteiger partial charge in [-0.3, -0.25) is 0 Å². The van der Waals surface area contributed by atoms with Crippen LogP contribution in [0.3, 0.4) is 0 Å². The van der Waals surface area contributed by atoms with Crippen molar-refractivity contribution in [2.24, 2.45) is 0 Å². The average Bonchev–Trinajstić information content (AvgIpc) is 2.28. The van der Waals surface area contributed by atoms with Crippen molar-refractivity contribution >= 4 is 0 Å². The number of alkyl halides is 4. The van der Waals surface area contributed by atoms with E-state index in [2.05, 4.69) is 14.7 Å². The molecule has 8 heteroatoms. The third kappa shape index (κ3) is 4.39. The molecule has 1 N–H and O–H groups in total. The number of rotatable bonds is 6. The molecule has 1 atom stereocenters. The van der Waals surface area contributed by atoms with Gasteiger partial charge in [0.1, 0.15) is 13.2 Å². The van der Waals surface area contributed by atoms with E-state index in [1.807, 2.05) is 0 Å². The predicted molar refractivity (Wildman–Crippen MR) is 58.0 cm³/mol. The third-order valence-corrected chi connectivity index (χ3v) is 2.36. The van der Waals surface area contributed by atoms with E-state index in [1.165, 1.54) is 13.1 Å². The molecule has 0 unspecified atom stereocenters. The highest BCUT2D eigenvalue weighted by atomic mass is 19.3. The van der Waals surface area contributed by atoms with Crippen LogP contribution >= 0.6 is 0 Å². The Balaban J connectivity index is 2.58. The van der Waals surface area contributed by atoms with Crippen molar-refractivity contribution in [1.29, 1.82) is 0 Å². The Morgan fingerprint density at radius 3 is 2.53 bits per heavy atom. The van der Waals surface area contributed by atoms with Crippen molar-refractivity contribution in [3.63, 3.8) is 0 Å². The summed E-state index contributed by atoms with van der Waals surface area (Å²) in [6.07, 6.45) is -3.18. The second kappa shape index (κ2) is 6.25. The molecule has 0 bridgehead atoms. The smallest absolute Gasteiger partial charge is 0.330 e. The molecule has 0 aliphatic heterocycles. The second-order valence-electron chi connectivity index (χ2n) is 4.06. The van der Waals surface area contributed by atoms with Crippen LogP contribution in [0, 0.1) is 6.92 Å². The molecule has 19 heavy (non-hydrogen) atoms. The first-order valence-electron chi connectivity index (χ1n) is 5.48. The van der Waals surface area contributed by atoms with Gasteiger partial charge in [0.05, 0.1) is 6.10 Å². The van der Waals surface area contributed by atoms with Gasteiger partial charge >= 0.3 is 12.3 Å². The van der Waals surface area contributed by atoms with Gasteiger partial charge in [-0.1, -0.05) is 0 Å². The zero-order valence-corrected chi connectivity index (χ0v) is 10.4. The number of hydrogen-bond donors (Lipinski definition) is 1. The maximum absolute atomic E-state index is 12.5. The van der Waals surface area contributed by atoms with Crippen LogP contribution in [0.2, 0.25) is 0 Å². The zero-order chi connectivity index (χ0) is 14.6. The summed E-state index contributed by atoms with van der Waals surface area (Å²) in [7, 11) is 0. The minimum Gasteiger partial charge on any atom is -0.389 e. The van der Waals surface area contributed by atoms with Crippen LogP contribution in [0.25, 0.3) is 0 Å². The number of aryl methyl sites for hydroxylation is 1. The SMILES string of the molecule is Cc1nc(COCC(F)(F)C(F)F)ncc1[C@H](C)O. The van der Waals surface area contributed by atoms with Crippen LogP contribution in [0.15, 0.2) is 6.20 Å². The minimum absolute atomic E-state index is 0.0898. The quantitative estimate of drug-likeness (QED) is 0.813. The van der Waals surface area contributed by atoms with Gasteiger partial charge in [-0.05, 0) is 13.8 Å². The lowest BCUT2D eigenvalue weighted by Crippen LogP contribution is -2.32. The first-order chi connectivity index (χ1) is 8.74. The van der Waals surface area contributed by atoms with Crippen LogP contribution < -0.4 is 0 Å². The summed E-state index contributed by atoms with van der Waals surface area (Å²) in [6.45, 7) is 1.35. The Kier molecular flexibility index (Phi) is 5.19. The van der Waals surface area contributed by atoms with E-state index in [-0.39, 0.29) is 5.82 Å². The highest BCUT2D eigenvalue weighted by Crippen LogP contribution is 2.23. The second-order valence-corrected chi connectivity index (χ2v) is 4.06. The lowest BCUT2D eigenvalue weighted by atomic mass is 10.1. The number of hydrogen-bond acceptors (Lipinski definition) is 4. The molecule has 0 saturated carbocycles. The fourth-order valence-corrected chi connectivity index (χ4v) is 1.35. The number of ether oxygens (including phenoxy) is 1. The monoisotopic (exact) mass is 282 g/mol. The van der Waals surface area contributed by atoms with Crippen LogP contribution in [-0.4, -0.2) is 34.0 Å². The molecular weight excluding hydrogens is 268 g/mol. The minimum atomic E-state index is -4.19. The Bertz CT molecular complexity index is 427. The Hall–Kier alpha value is -1.28. The largest absolute Gasteiger partial charge is 0.389 e. The van der Waals surface area contributed by atoms with Gasteiger partial charge in [0.25, 0.3) is 0 Å². The van der Waals surface area contributed by atoms with Crippen molar-refractivity contribution in [2.45, 2.75) is 38.9 Å². The maximum Gasteiger partial charge on any atom is 0.330 e. The molecule has 4 nitrogen and oxygen atoms in total. The summed E-state index contributed by atoms with van der Waals surface area (Å²) in [6, 6.07) is 0. The van der Waals surface area contributed by atoms with E-state index in [1.54, 1.807) is 6.92 Å². The highest BCUT2D eigenvalue weighted by Gasteiger charge is 2.40. The van der Waals surface area contributed by atoms with Gasteiger partial charge in [-0.2, -0.15) is 8.78 Å². The van der Waals surface area contributed by atoms with Gasteiger partial charge in [0.15, 0.2) is 5.82 Å². The summed E-state index contributed by atoms with van der Waals surface area (Å²) in [5.74, 6) is -4.10. The van der Waals surface area contributed by atoms with Crippen LogP contribution in [0.1, 0.15) is 30.1 Å². The normalized spacial score (nSPS) is 13.9. The molecule has 0 aliphatic rings. The third-order valence-electron chi connectivity index (χ3n) is 2.36. The van der Waals surface area contributed by atoms with Gasteiger partial charge in [-0.15, -0.1) is 0 Å². The van der Waals surface area contributed by atoms with Gasteiger partial charge in [0, 0.05) is 17.5 Å². The lowest BCUT2D eigenvalue weighted by molar-refractivity contribution is -0.168. The van der Waals surface area contributed by atoms with Gasteiger partial charge < -0.3 is 9.84 Å². The highest BCUT2D eigenvalue weighted by molar-refractivity contribution is 5.18. The van der Waals surface area contributed by atoms with Crippen LogP contribution in [0.5, 0.6) is 0 Å². The molecule has 108 valence electrons. The topological polar surface area (TPSA) is 55.2 Å². The molecule has 1 heterocycles. The number of halogens is 4. The zero-order valence-electron chi connectivity index (χ0n) is 10.4. The van der Waals surface area contributed by atoms with Crippen molar-refractivity contribution < 1.29 is 27.4 Å². The van der Waals surface area contributed by atoms with E-state index in [0.717, 1.165) is 0 Å². The van der Waals surface area contributed by atoms with Crippen molar-refractivity contribution in [3.8, 4) is 0 Å². The summed E-state index contributed by atoms with van der Waals surface area (Å²) >= 11 is 0. The first-order valence-corrected chi connectivity index (χ1v) is 5.48. The Morgan fingerprint density at radius 1 is 1.42 bits per heavy atom. The number of aromatic nitrogens is 2. The van der Waals surface area contributed by atoms with Gasteiger partial charge in [0.2, 0.25) is 0 Å². The Morgan fingerprint density at radius 2 is 2.05 bits per heavy atom. The lowest BCUT2D eigenvalue weighted by Gasteiger charge is -2.15. The van der Waals surface area contributed by atoms with Crippen LogP contribution in [-0.2, 0) is 11.3 Å². The number of nitrogens with zero attached hydrogens (tertiary/aromatic N) is 2. The molecule has 1 aromatic rings. The van der Waals surface area contributed by atoms with Gasteiger partial charge in [-0.25, -0.2) is 18.7 Å². The molecule has 0 saturated heterocycles. The molecule has 1 aromatic heterocycles. The van der Waals surface area contributed by atoms with Crippen molar-refractivity contribution in [1.82, 2.24) is 9.97 Å². The predicted octanol–water partition coefficient (Wildman–Crippen LogP) is 2.26. The molecule has 1 rings (SSSR count). The summed E-state index contributed by atoms with van der Waals surface area (Å²) < 4.78 is 53.3. The van der Waals surface area contributed by atoms with Crippen LogP contribution in [0.4, 0.5) is 17.6 Å². The van der Waals surface area contributed by atoms with E-state index in [4.69, 9.17) is 0 Å². The standard InChI is InChI=1S/C11H14F4N2O2/c1-6-8(7(2)18)3-16-9(17-6)4-19-5-11(14,15)10(12)13/h3,7,10,18H,4-5H2,1-2H3/t7-/m0/s1. The van der Waals surface area contributed by atoms with E-state index < -0.39 is 31.7 Å². The van der Waals surface area contributed by atoms with Crippen molar-refractivity contribution in [3.05, 3.63) is 23.3 Å². The fraction of sp³-hybridized carbons (Fsp3) is 0.636. The molecular formula is C11H14F4N2O2. The molecule has 0 aromatic carbocycles. The summed E-state index contributed by atoms with van der Waals surface area (Å²) in [4.78, 5) is 7.73. The summed E-state index contributed by atoms with van der Waals surface area (Å²) in [5, 5.41) is 9.35. The first kappa shape index (κ1) is 15.8. The maximum atomic E-state index is 12.5. The molecule has 0 fully saturated rings. The van der Waals surface area contributed by atoms with E-state index in [0.29, 0.717) is 11.3 Å². The molecule has 0 amide bonds. The molecule has 0 spiro atoms. The summed E-state index contributed by atoms with van der Waals surface area (Å²) in [5.41, 5.74) is 0.978. The fourth-order valence-electron chi connectivity index (χ4n) is 1.35. The van der Waals surface area contributed by atoms with E-state index in [9.17, 15) is 22.7 Å².